The maximum Gasteiger partial charge on any atom is 0.315 e. The van der Waals surface area contributed by atoms with E-state index >= 15 is 0 Å². The first-order valence-electron chi connectivity index (χ1n) is 8.63. The third kappa shape index (κ3) is 6.20. The Bertz CT molecular complexity index is 701. The van der Waals surface area contributed by atoms with Gasteiger partial charge in [0.1, 0.15) is 12.4 Å². The Kier molecular flexibility index (Phi) is 7.61. The van der Waals surface area contributed by atoms with Crippen LogP contribution in [0.25, 0.3) is 0 Å². The minimum Gasteiger partial charge on any atom is -0.493 e. The van der Waals surface area contributed by atoms with Crippen molar-refractivity contribution in [3.05, 3.63) is 53.6 Å². The molecule has 2 rings (SSSR count). The zero-order valence-electron chi connectivity index (χ0n) is 15.5. The van der Waals surface area contributed by atoms with Gasteiger partial charge in [-0.15, -0.1) is 0 Å². The Morgan fingerprint density at radius 3 is 2.46 bits per heavy atom. The van der Waals surface area contributed by atoms with Crippen LogP contribution in [0.15, 0.2) is 42.5 Å². The zero-order chi connectivity index (χ0) is 18.8. The molecule has 6 nitrogen and oxygen atoms in total. The minimum absolute atomic E-state index is 0.245. The second kappa shape index (κ2) is 10.2. The molecule has 0 aliphatic carbocycles. The molecule has 0 spiro atoms. The molecule has 6 heteroatoms. The minimum atomic E-state index is -0.245. The quantitative estimate of drug-likeness (QED) is 0.675. The number of ether oxygens (including phenoxy) is 3. The Hall–Kier alpha value is -2.89. The SMILES string of the molecule is CCOc1ccc(CNC(=O)NCCOc2ccc(C)cc2)cc1OC. The van der Waals surface area contributed by atoms with E-state index in [4.69, 9.17) is 14.2 Å². The number of aryl methyl sites for hydroxylation is 1. The Morgan fingerprint density at radius 2 is 1.77 bits per heavy atom. The summed E-state index contributed by atoms with van der Waals surface area (Å²) in [6, 6.07) is 13.1. The molecule has 2 aromatic carbocycles. The summed E-state index contributed by atoms with van der Waals surface area (Å²) < 4.78 is 16.4. The molecule has 0 heterocycles. The van der Waals surface area contributed by atoms with Crippen LogP contribution in [-0.2, 0) is 6.54 Å². The van der Waals surface area contributed by atoms with Crippen LogP contribution in [-0.4, -0.2) is 32.9 Å². The fraction of sp³-hybridized carbons (Fsp3) is 0.350. The van der Waals surface area contributed by atoms with E-state index in [-0.39, 0.29) is 6.03 Å². The lowest BCUT2D eigenvalue weighted by Crippen LogP contribution is -2.37. The van der Waals surface area contributed by atoms with Gasteiger partial charge < -0.3 is 24.8 Å². The molecule has 0 saturated heterocycles. The fourth-order valence-electron chi connectivity index (χ4n) is 2.31. The van der Waals surface area contributed by atoms with E-state index in [0.717, 1.165) is 11.3 Å². The van der Waals surface area contributed by atoms with Crippen LogP contribution in [0, 0.1) is 6.92 Å². The molecular weight excluding hydrogens is 332 g/mol. The number of nitrogens with one attached hydrogen (secondary N) is 2. The smallest absolute Gasteiger partial charge is 0.315 e. The van der Waals surface area contributed by atoms with Gasteiger partial charge in [0.25, 0.3) is 0 Å². The van der Waals surface area contributed by atoms with Crippen molar-refractivity contribution in [2.75, 3.05) is 26.9 Å². The molecule has 0 saturated carbocycles. The number of hydrogen-bond donors (Lipinski definition) is 2. The lowest BCUT2D eigenvalue weighted by atomic mass is 10.2. The number of hydrogen-bond acceptors (Lipinski definition) is 4. The van der Waals surface area contributed by atoms with Crippen molar-refractivity contribution in [3.8, 4) is 17.2 Å². The van der Waals surface area contributed by atoms with E-state index in [9.17, 15) is 4.79 Å². The molecule has 0 aliphatic heterocycles. The molecule has 0 fully saturated rings. The first kappa shape index (κ1) is 19.4. The molecular formula is C20H26N2O4. The lowest BCUT2D eigenvalue weighted by Gasteiger charge is -2.12. The summed E-state index contributed by atoms with van der Waals surface area (Å²) in [6.07, 6.45) is 0. The van der Waals surface area contributed by atoms with Gasteiger partial charge in [0.2, 0.25) is 0 Å². The highest BCUT2D eigenvalue weighted by molar-refractivity contribution is 5.73. The first-order chi connectivity index (χ1) is 12.6. The second-order valence-corrected chi connectivity index (χ2v) is 5.69. The molecule has 2 amide bonds. The fourth-order valence-corrected chi connectivity index (χ4v) is 2.31. The number of amides is 2. The van der Waals surface area contributed by atoms with E-state index in [1.807, 2.05) is 56.3 Å². The largest absolute Gasteiger partial charge is 0.493 e. The lowest BCUT2D eigenvalue weighted by molar-refractivity contribution is 0.236. The summed E-state index contributed by atoms with van der Waals surface area (Å²) in [7, 11) is 1.59. The monoisotopic (exact) mass is 358 g/mol. The zero-order valence-corrected chi connectivity index (χ0v) is 15.5. The van der Waals surface area contributed by atoms with Crippen LogP contribution >= 0.6 is 0 Å². The molecule has 2 N–H and O–H groups in total. The van der Waals surface area contributed by atoms with E-state index < -0.39 is 0 Å². The van der Waals surface area contributed by atoms with Crippen LogP contribution in [0.4, 0.5) is 4.79 Å². The van der Waals surface area contributed by atoms with Gasteiger partial charge in [-0.1, -0.05) is 23.8 Å². The summed E-state index contributed by atoms with van der Waals surface area (Å²) in [5, 5.41) is 5.57. The average molecular weight is 358 g/mol. The summed E-state index contributed by atoms with van der Waals surface area (Å²) in [5.74, 6) is 2.13. The molecule has 140 valence electrons. The third-order valence-electron chi connectivity index (χ3n) is 3.66. The van der Waals surface area contributed by atoms with E-state index in [1.165, 1.54) is 5.56 Å². The average Bonchev–Trinajstić information content (AvgIpc) is 2.66. The predicted octanol–water partition coefficient (Wildman–Crippen LogP) is 3.28. The standard InChI is InChI=1S/C20H26N2O4/c1-4-25-18-10-7-16(13-19(18)24-3)14-22-20(23)21-11-12-26-17-8-5-15(2)6-9-17/h5-10,13H,4,11-12,14H2,1-3H3,(H2,21,22,23). The third-order valence-corrected chi connectivity index (χ3v) is 3.66. The molecule has 2 aromatic rings. The van der Waals surface area contributed by atoms with Gasteiger partial charge >= 0.3 is 6.03 Å². The first-order valence-corrected chi connectivity index (χ1v) is 8.63. The molecule has 0 aromatic heterocycles. The summed E-state index contributed by atoms with van der Waals surface area (Å²) in [5.41, 5.74) is 2.11. The van der Waals surface area contributed by atoms with E-state index in [1.54, 1.807) is 7.11 Å². The highest BCUT2D eigenvalue weighted by Crippen LogP contribution is 2.27. The van der Waals surface area contributed by atoms with Crippen molar-refractivity contribution >= 4 is 6.03 Å². The van der Waals surface area contributed by atoms with Crippen molar-refractivity contribution in [1.82, 2.24) is 10.6 Å². The Balaban J connectivity index is 1.70. The molecule has 0 unspecified atom stereocenters. The molecule has 0 aliphatic rings. The van der Waals surface area contributed by atoms with Crippen LogP contribution in [0.2, 0.25) is 0 Å². The van der Waals surface area contributed by atoms with Crippen molar-refractivity contribution < 1.29 is 19.0 Å². The number of urea groups is 1. The van der Waals surface area contributed by atoms with Gasteiger partial charge in [-0.05, 0) is 43.7 Å². The van der Waals surface area contributed by atoms with Crippen LogP contribution in [0.1, 0.15) is 18.1 Å². The number of carbonyl (C=O) groups excluding carboxylic acids is 1. The topological polar surface area (TPSA) is 68.8 Å². The van der Waals surface area contributed by atoms with Gasteiger partial charge in [-0.3, -0.25) is 0 Å². The predicted molar refractivity (Wildman–Crippen MR) is 101 cm³/mol. The van der Waals surface area contributed by atoms with Gasteiger partial charge in [0.05, 0.1) is 20.3 Å². The van der Waals surface area contributed by atoms with Gasteiger partial charge in [0, 0.05) is 6.54 Å². The van der Waals surface area contributed by atoms with Gasteiger partial charge in [-0.25, -0.2) is 4.79 Å². The Morgan fingerprint density at radius 1 is 1.00 bits per heavy atom. The van der Waals surface area contributed by atoms with Crippen LogP contribution in [0.3, 0.4) is 0 Å². The number of methoxy groups -OCH3 is 1. The van der Waals surface area contributed by atoms with Crippen molar-refractivity contribution in [3.63, 3.8) is 0 Å². The maximum absolute atomic E-state index is 11.9. The highest BCUT2D eigenvalue weighted by Gasteiger charge is 2.06. The van der Waals surface area contributed by atoms with Crippen molar-refractivity contribution in [2.45, 2.75) is 20.4 Å². The normalized spacial score (nSPS) is 10.1. The number of rotatable bonds is 9. The van der Waals surface area contributed by atoms with Crippen molar-refractivity contribution in [1.29, 1.82) is 0 Å². The highest BCUT2D eigenvalue weighted by atomic mass is 16.5. The Labute approximate surface area is 154 Å². The van der Waals surface area contributed by atoms with Gasteiger partial charge in [0.15, 0.2) is 11.5 Å². The van der Waals surface area contributed by atoms with E-state index in [0.29, 0.717) is 37.8 Å². The van der Waals surface area contributed by atoms with Gasteiger partial charge in [-0.2, -0.15) is 0 Å². The molecule has 0 radical (unpaired) electrons. The summed E-state index contributed by atoms with van der Waals surface area (Å²) >= 11 is 0. The number of carbonyl (C=O) groups is 1. The molecule has 26 heavy (non-hydrogen) atoms. The van der Waals surface area contributed by atoms with Crippen LogP contribution < -0.4 is 24.8 Å². The molecule has 0 bridgehead atoms. The summed E-state index contributed by atoms with van der Waals surface area (Å²) in [6.45, 7) is 5.74. The van der Waals surface area contributed by atoms with Crippen molar-refractivity contribution in [2.24, 2.45) is 0 Å². The number of benzene rings is 2. The van der Waals surface area contributed by atoms with E-state index in [2.05, 4.69) is 10.6 Å². The molecule has 0 atom stereocenters. The summed E-state index contributed by atoms with van der Waals surface area (Å²) in [4.78, 5) is 11.9. The van der Waals surface area contributed by atoms with Crippen LogP contribution in [0.5, 0.6) is 17.2 Å². The second-order valence-electron chi connectivity index (χ2n) is 5.69. The maximum atomic E-state index is 11.9.